The Morgan fingerprint density at radius 1 is 1.03 bits per heavy atom. The van der Waals surface area contributed by atoms with Crippen LogP contribution in [0.2, 0.25) is 0 Å². The van der Waals surface area contributed by atoms with Gasteiger partial charge in [-0.3, -0.25) is 4.98 Å². The van der Waals surface area contributed by atoms with E-state index in [2.05, 4.69) is 25.6 Å². The van der Waals surface area contributed by atoms with Crippen molar-refractivity contribution in [2.75, 3.05) is 13.1 Å². The number of hydrogen-bond donors (Lipinski definition) is 2. The fourth-order valence-corrected chi connectivity index (χ4v) is 2.56. The van der Waals surface area contributed by atoms with Gasteiger partial charge in [0.05, 0.1) is 6.54 Å². The van der Waals surface area contributed by atoms with E-state index in [1.165, 1.54) is 12.1 Å². The number of aliphatic imine (C=N–C) groups is 1. The Balaban J connectivity index is 0.00000320. The van der Waals surface area contributed by atoms with E-state index in [0.717, 1.165) is 36.7 Å². The van der Waals surface area contributed by atoms with Gasteiger partial charge in [-0.1, -0.05) is 12.1 Å². The minimum Gasteiger partial charge on any atom is -0.439 e. The summed E-state index contributed by atoms with van der Waals surface area (Å²) in [5.41, 5.74) is 2.00. The molecule has 3 aromatic rings. The first-order valence-electron chi connectivity index (χ1n) is 9.53. The maximum atomic E-state index is 13.0. The van der Waals surface area contributed by atoms with Gasteiger partial charge in [0.25, 0.3) is 0 Å². The van der Waals surface area contributed by atoms with Gasteiger partial charge in [-0.05, 0) is 48.9 Å². The molecule has 30 heavy (non-hydrogen) atoms. The monoisotopic (exact) mass is 521 g/mol. The van der Waals surface area contributed by atoms with Crippen molar-refractivity contribution in [3.63, 3.8) is 0 Å². The van der Waals surface area contributed by atoms with Crippen LogP contribution in [0.15, 0.2) is 72.0 Å². The summed E-state index contributed by atoms with van der Waals surface area (Å²) in [6, 6.07) is 15.4. The van der Waals surface area contributed by atoms with E-state index in [1.807, 2.05) is 31.2 Å². The normalized spacial score (nSPS) is 10.8. The summed E-state index contributed by atoms with van der Waals surface area (Å²) < 4.78 is 18.6. The molecule has 3 rings (SSSR count). The fraction of sp³-hybridized carbons (Fsp3) is 0.227. The Morgan fingerprint density at radius 2 is 1.87 bits per heavy atom. The molecule has 1 aromatic carbocycles. The largest absolute Gasteiger partial charge is 0.439 e. The molecule has 0 amide bonds. The van der Waals surface area contributed by atoms with Crippen LogP contribution in [0.5, 0.6) is 11.6 Å². The molecule has 0 saturated carbocycles. The Labute approximate surface area is 193 Å². The smallest absolute Gasteiger partial charge is 0.219 e. The van der Waals surface area contributed by atoms with Gasteiger partial charge >= 0.3 is 0 Å². The number of hydrogen-bond acceptors (Lipinski definition) is 4. The molecule has 8 heteroatoms. The van der Waals surface area contributed by atoms with Crippen molar-refractivity contribution in [1.82, 2.24) is 20.6 Å². The topological polar surface area (TPSA) is 71.4 Å². The lowest BCUT2D eigenvalue weighted by atomic mass is 10.3. The molecular formula is C22H25FIN5O. The zero-order valence-corrected chi connectivity index (χ0v) is 19.0. The van der Waals surface area contributed by atoms with Crippen molar-refractivity contribution in [1.29, 1.82) is 0 Å². The number of rotatable bonds is 8. The van der Waals surface area contributed by atoms with Crippen LogP contribution >= 0.6 is 24.0 Å². The molecular weight excluding hydrogens is 496 g/mol. The summed E-state index contributed by atoms with van der Waals surface area (Å²) in [5.74, 6) is 1.43. The van der Waals surface area contributed by atoms with E-state index in [-0.39, 0.29) is 29.8 Å². The molecule has 2 aromatic heterocycles. The minimum atomic E-state index is -0.302. The van der Waals surface area contributed by atoms with Crippen molar-refractivity contribution in [2.24, 2.45) is 4.99 Å². The molecule has 0 saturated heterocycles. The van der Waals surface area contributed by atoms with Gasteiger partial charge in [0.2, 0.25) is 5.88 Å². The number of aromatic nitrogens is 2. The summed E-state index contributed by atoms with van der Waals surface area (Å²) in [6.45, 7) is 4.03. The van der Waals surface area contributed by atoms with Gasteiger partial charge in [-0.2, -0.15) is 0 Å². The van der Waals surface area contributed by atoms with Gasteiger partial charge in [0.1, 0.15) is 11.6 Å². The Kier molecular flexibility index (Phi) is 9.99. The van der Waals surface area contributed by atoms with Crippen molar-refractivity contribution in [3.05, 3.63) is 84.1 Å². The molecule has 6 nitrogen and oxygen atoms in total. The van der Waals surface area contributed by atoms with Crippen LogP contribution in [0.3, 0.4) is 0 Å². The molecule has 0 fully saturated rings. The second kappa shape index (κ2) is 12.7. The standard InChI is InChI=1S/C22H24FN5O.HI/c1-2-24-22(26-14-12-19-5-3-4-13-25-19)28-16-17-6-11-21(27-15-17)29-20-9-7-18(23)8-10-20;/h3-11,13,15H,2,12,14,16H2,1H3,(H2,24,26,28);1H. The Morgan fingerprint density at radius 3 is 2.53 bits per heavy atom. The molecule has 0 bridgehead atoms. The van der Waals surface area contributed by atoms with E-state index in [4.69, 9.17) is 4.74 Å². The molecule has 158 valence electrons. The summed E-state index contributed by atoms with van der Waals surface area (Å²) in [4.78, 5) is 13.2. The van der Waals surface area contributed by atoms with Crippen molar-refractivity contribution < 1.29 is 9.13 Å². The SMILES string of the molecule is CCNC(=NCc1ccc(Oc2ccc(F)cc2)nc1)NCCc1ccccn1.I. The van der Waals surface area contributed by atoms with Crippen molar-refractivity contribution in [2.45, 2.75) is 19.9 Å². The number of guanidine groups is 1. The zero-order valence-electron chi connectivity index (χ0n) is 16.7. The van der Waals surface area contributed by atoms with Crippen molar-refractivity contribution >= 4 is 29.9 Å². The lowest BCUT2D eigenvalue weighted by Gasteiger charge is -2.11. The first-order chi connectivity index (χ1) is 14.2. The van der Waals surface area contributed by atoms with E-state index < -0.39 is 0 Å². The molecule has 2 heterocycles. The van der Waals surface area contributed by atoms with Gasteiger partial charge in [-0.15, -0.1) is 24.0 Å². The molecule has 0 aliphatic heterocycles. The highest BCUT2D eigenvalue weighted by molar-refractivity contribution is 14.0. The fourth-order valence-electron chi connectivity index (χ4n) is 2.56. The number of nitrogens with zero attached hydrogens (tertiary/aromatic N) is 3. The third-order valence-corrected chi connectivity index (χ3v) is 4.00. The van der Waals surface area contributed by atoms with Crippen LogP contribution in [0.4, 0.5) is 4.39 Å². The molecule has 0 unspecified atom stereocenters. The van der Waals surface area contributed by atoms with Crippen LogP contribution in [0.25, 0.3) is 0 Å². The number of ether oxygens (including phenoxy) is 1. The predicted octanol–water partition coefficient (Wildman–Crippen LogP) is 4.32. The van der Waals surface area contributed by atoms with E-state index in [1.54, 1.807) is 30.6 Å². The van der Waals surface area contributed by atoms with Gasteiger partial charge < -0.3 is 15.4 Å². The maximum Gasteiger partial charge on any atom is 0.219 e. The molecule has 0 spiro atoms. The van der Waals surface area contributed by atoms with Gasteiger partial charge in [0.15, 0.2) is 5.96 Å². The first-order valence-corrected chi connectivity index (χ1v) is 9.53. The van der Waals surface area contributed by atoms with Gasteiger partial charge in [-0.25, -0.2) is 14.4 Å². The van der Waals surface area contributed by atoms with E-state index in [9.17, 15) is 4.39 Å². The average Bonchev–Trinajstić information content (AvgIpc) is 2.75. The number of halogens is 2. The van der Waals surface area contributed by atoms with Gasteiger partial charge in [0, 0.05) is 43.7 Å². The van der Waals surface area contributed by atoms with Crippen LogP contribution in [-0.2, 0) is 13.0 Å². The highest BCUT2D eigenvalue weighted by Gasteiger charge is 2.02. The Bertz CT molecular complexity index is 905. The summed E-state index contributed by atoms with van der Waals surface area (Å²) in [5, 5.41) is 6.54. The number of benzene rings is 1. The van der Waals surface area contributed by atoms with Crippen molar-refractivity contribution in [3.8, 4) is 11.6 Å². The highest BCUT2D eigenvalue weighted by Crippen LogP contribution is 2.19. The Hall–Kier alpha value is -2.75. The third-order valence-electron chi connectivity index (χ3n) is 4.00. The average molecular weight is 521 g/mol. The number of nitrogens with one attached hydrogen (secondary N) is 2. The predicted molar refractivity (Wildman–Crippen MR) is 127 cm³/mol. The maximum absolute atomic E-state index is 13.0. The summed E-state index contributed by atoms with van der Waals surface area (Å²) in [6.07, 6.45) is 4.34. The third kappa shape index (κ3) is 7.94. The minimum absolute atomic E-state index is 0. The lowest BCUT2D eigenvalue weighted by molar-refractivity contribution is 0.461. The highest BCUT2D eigenvalue weighted by atomic mass is 127. The molecule has 0 atom stereocenters. The molecule has 0 aliphatic carbocycles. The summed E-state index contributed by atoms with van der Waals surface area (Å²) in [7, 11) is 0. The van der Waals surface area contributed by atoms with Crippen LogP contribution < -0.4 is 15.4 Å². The van der Waals surface area contributed by atoms with Crippen LogP contribution in [0.1, 0.15) is 18.2 Å². The second-order valence-electron chi connectivity index (χ2n) is 6.25. The summed E-state index contributed by atoms with van der Waals surface area (Å²) >= 11 is 0. The second-order valence-corrected chi connectivity index (χ2v) is 6.25. The number of pyridine rings is 2. The lowest BCUT2D eigenvalue weighted by Crippen LogP contribution is -2.38. The molecule has 2 N–H and O–H groups in total. The van der Waals surface area contributed by atoms with E-state index in [0.29, 0.717) is 18.2 Å². The molecule has 0 aliphatic rings. The van der Waals surface area contributed by atoms with Crippen LogP contribution in [0, 0.1) is 5.82 Å². The van der Waals surface area contributed by atoms with Crippen LogP contribution in [-0.4, -0.2) is 29.0 Å². The van der Waals surface area contributed by atoms with E-state index >= 15 is 0 Å². The zero-order chi connectivity index (χ0) is 20.3. The molecule has 0 radical (unpaired) electrons. The first kappa shape index (κ1) is 23.5. The quantitative estimate of drug-likeness (QED) is 0.263.